The Morgan fingerprint density at radius 2 is 1.89 bits per heavy atom. The van der Waals surface area contributed by atoms with Gasteiger partial charge in [-0.1, -0.05) is 31.2 Å². The number of carbonyl (C=O) groups excluding carboxylic acids is 1. The fourth-order valence-corrected chi connectivity index (χ4v) is 4.06. The van der Waals surface area contributed by atoms with Gasteiger partial charge in [0.25, 0.3) is 15.9 Å². The van der Waals surface area contributed by atoms with Crippen molar-refractivity contribution >= 4 is 21.6 Å². The number of nitrogens with one attached hydrogen (secondary N) is 2. The Hall–Kier alpha value is -2.38. The Kier molecular flexibility index (Phi) is 6.13. The molecule has 144 valence electrons. The smallest absolute Gasteiger partial charge is 0.261 e. The van der Waals surface area contributed by atoms with Crippen LogP contribution in [-0.2, 0) is 21.2 Å². The second kappa shape index (κ2) is 8.54. The van der Waals surface area contributed by atoms with E-state index in [1.807, 2.05) is 6.92 Å². The molecule has 0 saturated carbocycles. The zero-order valence-electron chi connectivity index (χ0n) is 15.3. The van der Waals surface area contributed by atoms with Crippen LogP contribution in [0.4, 0.5) is 5.69 Å². The van der Waals surface area contributed by atoms with Crippen LogP contribution >= 0.6 is 0 Å². The molecule has 0 bridgehead atoms. The van der Waals surface area contributed by atoms with Crippen LogP contribution in [0, 0.1) is 0 Å². The molecular formula is C20H24N2O4S. The molecule has 1 unspecified atom stereocenters. The quantitative estimate of drug-likeness (QED) is 0.764. The number of para-hydroxylation sites is 1. The van der Waals surface area contributed by atoms with Crippen molar-refractivity contribution in [2.75, 3.05) is 17.9 Å². The molecule has 3 rings (SSSR count). The van der Waals surface area contributed by atoms with Gasteiger partial charge in [-0.25, -0.2) is 8.42 Å². The van der Waals surface area contributed by atoms with Crippen molar-refractivity contribution in [1.29, 1.82) is 0 Å². The highest BCUT2D eigenvalue weighted by Gasteiger charge is 2.20. The minimum atomic E-state index is -3.78. The summed E-state index contributed by atoms with van der Waals surface area (Å²) in [5.41, 5.74) is 1.59. The van der Waals surface area contributed by atoms with E-state index >= 15 is 0 Å². The Morgan fingerprint density at radius 3 is 2.56 bits per heavy atom. The molecule has 1 atom stereocenters. The molecule has 27 heavy (non-hydrogen) atoms. The van der Waals surface area contributed by atoms with Crippen molar-refractivity contribution in [3.05, 3.63) is 59.7 Å². The summed E-state index contributed by atoms with van der Waals surface area (Å²) in [5, 5.41) is 2.82. The lowest BCUT2D eigenvalue weighted by Crippen LogP contribution is -2.32. The minimum Gasteiger partial charge on any atom is -0.376 e. The molecule has 1 aliphatic heterocycles. The third-order valence-electron chi connectivity index (χ3n) is 4.57. The summed E-state index contributed by atoms with van der Waals surface area (Å²) in [7, 11) is -3.78. The van der Waals surface area contributed by atoms with E-state index in [0.29, 0.717) is 13.2 Å². The molecule has 1 amide bonds. The first-order valence-corrected chi connectivity index (χ1v) is 10.6. The molecule has 0 radical (unpaired) electrons. The van der Waals surface area contributed by atoms with Gasteiger partial charge in [0.05, 0.1) is 22.3 Å². The largest absolute Gasteiger partial charge is 0.376 e. The van der Waals surface area contributed by atoms with Gasteiger partial charge in [-0.05, 0) is 49.1 Å². The lowest BCUT2D eigenvalue weighted by Gasteiger charge is -2.14. The Labute approximate surface area is 160 Å². The maximum Gasteiger partial charge on any atom is 0.261 e. The molecule has 1 saturated heterocycles. The second-order valence-corrected chi connectivity index (χ2v) is 8.18. The number of rotatable bonds is 7. The predicted molar refractivity (Wildman–Crippen MR) is 104 cm³/mol. The average Bonchev–Trinajstić information content (AvgIpc) is 3.20. The SMILES string of the molecule is CCc1ccc(S(=O)(=O)Nc2ccccc2C(=O)NCC2CCCO2)cc1. The Morgan fingerprint density at radius 1 is 1.15 bits per heavy atom. The number of anilines is 1. The molecule has 0 aromatic heterocycles. The zero-order chi connectivity index (χ0) is 19.3. The zero-order valence-corrected chi connectivity index (χ0v) is 16.1. The van der Waals surface area contributed by atoms with Gasteiger partial charge >= 0.3 is 0 Å². The van der Waals surface area contributed by atoms with Gasteiger partial charge in [0.2, 0.25) is 0 Å². The molecule has 0 spiro atoms. The van der Waals surface area contributed by atoms with Crippen LogP contribution in [0.5, 0.6) is 0 Å². The van der Waals surface area contributed by atoms with Crippen LogP contribution in [-0.4, -0.2) is 33.6 Å². The maximum atomic E-state index is 12.7. The summed E-state index contributed by atoms with van der Waals surface area (Å²) in [6, 6.07) is 13.3. The maximum absolute atomic E-state index is 12.7. The third-order valence-corrected chi connectivity index (χ3v) is 5.95. The molecule has 6 nitrogen and oxygen atoms in total. The van der Waals surface area contributed by atoms with Crippen LogP contribution in [0.3, 0.4) is 0 Å². The van der Waals surface area contributed by atoms with Crippen molar-refractivity contribution in [1.82, 2.24) is 5.32 Å². The number of ether oxygens (including phenoxy) is 1. The molecule has 2 aromatic rings. The van der Waals surface area contributed by atoms with E-state index in [2.05, 4.69) is 10.0 Å². The fraction of sp³-hybridized carbons (Fsp3) is 0.350. The van der Waals surface area contributed by atoms with Crippen LogP contribution in [0.15, 0.2) is 53.4 Å². The minimum absolute atomic E-state index is 0.0230. The molecule has 1 heterocycles. The molecule has 0 aliphatic carbocycles. The Bertz CT molecular complexity index is 888. The molecule has 2 aromatic carbocycles. The van der Waals surface area contributed by atoms with Crippen LogP contribution in [0.1, 0.15) is 35.7 Å². The molecular weight excluding hydrogens is 364 g/mol. The van der Waals surface area contributed by atoms with Crippen molar-refractivity contribution in [2.24, 2.45) is 0 Å². The van der Waals surface area contributed by atoms with Gasteiger partial charge in [-0.2, -0.15) is 0 Å². The normalized spacial score (nSPS) is 16.9. The van der Waals surface area contributed by atoms with Gasteiger partial charge in [-0.3, -0.25) is 9.52 Å². The Balaban J connectivity index is 1.75. The highest BCUT2D eigenvalue weighted by atomic mass is 32.2. The number of amides is 1. The number of aryl methyl sites for hydroxylation is 1. The standard InChI is InChI=1S/C20H24N2O4S/c1-2-15-9-11-17(12-10-15)27(24,25)22-19-8-4-3-7-18(19)20(23)21-14-16-6-5-13-26-16/h3-4,7-12,16,22H,2,5-6,13-14H2,1H3,(H,21,23). The molecule has 1 fully saturated rings. The van der Waals surface area contributed by atoms with E-state index in [1.165, 1.54) is 0 Å². The van der Waals surface area contributed by atoms with E-state index in [9.17, 15) is 13.2 Å². The van der Waals surface area contributed by atoms with Crippen molar-refractivity contribution < 1.29 is 17.9 Å². The number of carbonyl (C=O) groups is 1. The number of hydrogen-bond acceptors (Lipinski definition) is 4. The van der Waals surface area contributed by atoms with E-state index in [0.717, 1.165) is 24.8 Å². The highest BCUT2D eigenvalue weighted by molar-refractivity contribution is 7.92. The van der Waals surface area contributed by atoms with Crippen molar-refractivity contribution in [3.8, 4) is 0 Å². The van der Waals surface area contributed by atoms with E-state index < -0.39 is 10.0 Å². The average molecular weight is 388 g/mol. The van der Waals surface area contributed by atoms with Crippen molar-refractivity contribution in [2.45, 2.75) is 37.2 Å². The summed E-state index contributed by atoms with van der Waals surface area (Å²) >= 11 is 0. The summed E-state index contributed by atoms with van der Waals surface area (Å²) < 4.78 is 33.4. The molecule has 7 heteroatoms. The summed E-state index contributed by atoms with van der Waals surface area (Å²) in [6.07, 6.45) is 2.77. The van der Waals surface area contributed by atoms with Gasteiger partial charge in [-0.15, -0.1) is 0 Å². The van der Waals surface area contributed by atoms with Gasteiger partial charge < -0.3 is 10.1 Å². The summed E-state index contributed by atoms with van der Waals surface area (Å²) in [6.45, 7) is 3.14. The lowest BCUT2D eigenvalue weighted by atomic mass is 10.1. The highest BCUT2D eigenvalue weighted by Crippen LogP contribution is 2.21. The monoisotopic (exact) mass is 388 g/mol. The van der Waals surface area contributed by atoms with Crippen molar-refractivity contribution in [3.63, 3.8) is 0 Å². The number of benzene rings is 2. The topological polar surface area (TPSA) is 84.5 Å². The molecule has 2 N–H and O–H groups in total. The summed E-state index contributed by atoms with van der Waals surface area (Å²) in [4.78, 5) is 12.7. The summed E-state index contributed by atoms with van der Waals surface area (Å²) in [5.74, 6) is -0.329. The van der Waals surface area contributed by atoms with E-state index in [4.69, 9.17) is 4.74 Å². The second-order valence-electron chi connectivity index (χ2n) is 6.49. The van der Waals surface area contributed by atoms with Gasteiger partial charge in [0.1, 0.15) is 0 Å². The van der Waals surface area contributed by atoms with E-state index in [1.54, 1.807) is 48.5 Å². The number of sulfonamides is 1. The molecule has 1 aliphatic rings. The first-order valence-electron chi connectivity index (χ1n) is 9.10. The lowest BCUT2D eigenvalue weighted by molar-refractivity contribution is 0.0858. The third kappa shape index (κ3) is 4.87. The van der Waals surface area contributed by atoms with Crippen LogP contribution in [0.25, 0.3) is 0 Å². The fourth-order valence-electron chi connectivity index (χ4n) is 2.99. The van der Waals surface area contributed by atoms with Crippen LogP contribution in [0.2, 0.25) is 0 Å². The predicted octanol–water partition coefficient (Wildman–Crippen LogP) is 2.96. The number of hydrogen-bond donors (Lipinski definition) is 2. The van der Waals surface area contributed by atoms with Gasteiger partial charge in [0.15, 0.2) is 0 Å². The first-order chi connectivity index (χ1) is 13.0. The van der Waals surface area contributed by atoms with E-state index in [-0.39, 0.29) is 28.2 Å². The van der Waals surface area contributed by atoms with Gasteiger partial charge in [0, 0.05) is 13.2 Å². The van der Waals surface area contributed by atoms with Crippen LogP contribution < -0.4 is 10.0 Å². The first kappa shape index (κ1) is 19.4.